The summed E-state index contributed by atoms with van der Waals surface area (Å²) in [6, 6.07) is 8.32. The number of hydrogen-bond acceptors (Lipinski definition) is 4. The number of halogens is 1. The topological polar surface area (TPSA) is 66.1 Å². The van der Waals surface area contributed by atoms with E-state index in [0.29, 0.717) is 10.6 Å². The standard InChI is InChI=1S/C15H11ClN2O3/c1-9-13(15(20)21-14(9)19)18-7-6-12(17-8-18)10-2-4-11(16)5-3-10/h2-8,13H,1H3. The Hall–Kier alpha value is -2.40. The SMILES string of the molecule is CC1=C([O-])OC(=O)C1[n+]1ccc(-c2ccc(Cl)cc2)nc1. The Bertz CT molecular complexity index is 724. The summed E-state index contributed by atoms with van der Waals surface area (Å²) in [5.74, 6) is -1.16. The molecular weight excluding hydrogens is 292 g/mol. The van der Waals surface area contributed by atoms with Crippen LogP contribution < -0.4 is 9.67 Å². The monoisotopic (exact) mass is 302 g/mol. The number of carbonyl (C=O) groups excluding carboxylic acids is 1. The molecule has 0 aliphatic carbocycles. The summed E-state index contributed by atoms with van der Waals surface area (Å²) < 4.78 is 6.15. The van der Waals surface area contributed by atoms with Crippen molar-refractivity contribution < 1.29 is 19.2 Å². The van der Waals surface area contributed by atoms with Gasteiger partial charge in [-0.25, -0.2) is 4.57 Å². The minimum atomic E-state index is -0.732. The van der Waals surface area contributed by atoms with Crippen molar-refractivity contribution in [2.45, 2.75) is 13.0 Å². The molecule has 0 saturated carbocycles. The van der Waals surface area contributed by atoms with Crippen LogP contribution in [-0.2, 0) is 9.53 Å². The number of cyclic esters (lactones) is 1. The average Bonchev–Trinajstić information content (AvgIpc) is 2.73. The molecule has 6 heteroatoms. The molecule has 0 amide bonds. The molecule has 2 heterocycles. The van der Waals surface area contributed by atoms with Gasteiger partial charge in [-0.15, -0.1) is 0 Å². The maximum absolute atomic E-state index is 11.7. The molecule has 3 rings (SSSR count). The van der Waals surface area contributed by atoms with Crippen LogP contribution in [0, 0.1) is 0 Å². The van der Waals surface area contributed by atoms with E-state index in [1.54, 1.807) is 35.9 Å². The van der Waals surface area contributed by atoms with E-state index < -0.39 is 18.0 Å². The Labute approximate surface area is 126 Å². The highest BCUT2D eigenvalue weighted by molar-refractivity contribution is 6.30. The molecule has 1 unspecified atom stereocenters. The van der Waals surface area contributed by atoms with E-state index >= 15 is 0 Å². The van der Waals surface area contributed by atoms with E-state index in [4.69, 9.17) is 11.6 Å². The van der Waals surface area contributed by atoms with E-state index in [0.717, 1.165) is 11.3 Å². The van der Waals surface area contributed by atoms with Crippen molar-refractivity contribution in [3.05, 3.63) is 59.4 Å². The highest BCUT2D eigenvalue weighted by Gasteiger charge is 2.31. The lowest BCUT2D eigenvalue weighted by Crippen LogP contribution is -2.43. The third-order valence-corrected chi connectivity index (χ3v) is 3.57. The van der Waals surface area contributed by atoms with Crippen molar-refractivity contribution in [3.8, 4) is 11.3 Å². The molecule has 1 aromatic heterocycles. The number of ether oxygens (including phenoxy) is 1. The molecule has 21 heavy (non-hydrogen) atoms. The third-order valence-electron chi connectivity index (χ3n) is 3.32. The summed E-state index contributed by atoms with van der Waals surface area (Å²) >= 11 is 5.85. The Kier molecular flexibility index (Phi) is 3.35. The quantitative estimate of drug-likeness (QED) is 0.621. The van der Waals surface area contributed by atoms with Crippen molar-refractivity contribution in [1.29, 1.82) is 0 Å². The zero-order valence-corrected chi connectivity index (χ0v) is 11.9. The van der Waals surface area contributed by atoms with E-state index in [2.05, 4.69) is 9.72 Å². The van der Waals surface area contributed by atoms with Gasteiger partial charge in [0.25, 0.3) is 12.3 Å². The molecule has 0 fully saturated rings. The number of hydrogen-bond donors (Lipinski definition) is 0. The molecule has 0 bridgehead atoms. The lowest BCUT2D eigenvalue weighted by molar-refractivity contribution is -0.704. The zero-order valence-electron chi connectivity index (χ0n) is 11.1. The first-order valence-corrected chi connectivity index (χ1v) is 6.66. The molecule has 1 atom stereocenters. The summed E-state index contributed by atoms with van der Waals surface area (Å²) in [4.78, 5) is 16.0. The van der Waals surface area contributed by atoms with E-state index in [1.165, 1.54) is 6.33 Å². The fourth-order valence-electron chi connectivity index (χ4n) is 2.17. The summed E-state index contributed by atoms with van der Waals surface area (Å²) in [6.07, 6.45) is 3.21. The summed E-state index contributed by atoms with van der Waals surface area (Å²) in [6.45, 7) is 1.58. The van der Waals surface area contributed by atoms with Gasteiger partial charge >= 0.3 is 0 Å². The minimum absolute atomic E-state index is 0.353. The van der Waals surface area contributed by atoms with E-state index in [1.807, 2.05) is 12.1 Å². The van der Waals surface area contributed by atoms with Crippen molar-refractivity contribution >= 4 is 17.6 Å². The van der Waals surface area contributed by atoms with Crippen LogP contribution in [-0.4, -0.2) is 11.0 Å². The van der Waals surface area contributed by atoms with Crippen molar-refractivity contribution in [2.24, 2.45) is 0 Å². The van der Waals surface area contributed by atoms with Crippen LogP contribution in [0.15, 0.2) is 54.4 Å². The van der Waals surface area contributed by atoms with Gasteiger partial charge in [-0.2, -0.15) is 0 Å². The molecule has 5 nitrogen and oxygen atoms in total. The smallest absolute Gasteiger partial charge is 0.287 e. The van der Waals surface area contributed by atoms with Crippen LogP contribution in [0.5, 0.6) is 0 Å². The van der Waals surface area contributed by atoms with Crippen molar-refractivity contribution in [3.63, 3.8) is 0 Å². The second-order valence-electron chi connectivity index (χ2n) is 4.69. The fraction of sp³-hybridized carbons (Fsp3) is 0.133. The van der Waals surface area contributed by atoms with Crippen molar-refractivity contribution in [1.82, 2.24) is 4.98 Å². The van der Waals surface area contributed by atoms with Gasteiger partial charge in [0.2, 0.25) is 0 Å². The molecule has 2 aromatic rings. The third kappa shape index (κ3) is 2.48. The number of nitrogens with zero attached hydrogens (tertiary/aromatic N) is 2. The highest BCUT2D eigenvalue weighted by Crippen LogP contribution is 2.23. The van der Waals surface area contributed by atoms with Crippen LogP contribution >= 0.6 is 11.6 Å². The molecule has 1 aromatic carbocycles. The number of rotatable bonds is 2. The number of esters is 1. The largest absolute Gasteiger partial charge is 0.549 e. The molecule has 1 aliphatic rings. The van der Waals surface area contributed by atoms with Gasteiger partial charge in [-0.1, -0.05) is 11.6 Å². The summed E-state index contributed by atoms with van der Waals surface area (Å²) in [7, 11) is 0. The number of benzene rings is 1. The normalized spacial score (nSPS) is 18.0. The van der Waals surface area contributed by atoms with Crippen LogP contribution in [0.4, 0.5) is 0 Å². The van der Waals surface area contributed by atoms with Crippen molar-refractivity contribution in [2.75, 3.05) is 0 Å². The number of aromatic nitrogens is 2. The highest BCUT2D eigenvalue weighted by atomic mass is 35.5. The lowest BCUT2D eigenvalue weighted by Gasteiger charge is -2.08. The first-order valence-electron chi connectivity index (χ1n) is 6.28. The molecule has 0 saturated heterocycles. The Morgan fingerprint density at radius 2 is 2.00 bits per heavy atom. The average molecular weight is 303 g/mol. The number of carbonyl (C=O) groups is 1. The predicted octanol–water partition coefficient (Wildman–Crippen LogP) is 1.38. The Morgan fingerprint density at radius 1 is 1.29 bits per heavy atom. The zero-order chi connectivity index (χ0) is 15.0. The molecular formula is C15H11ClN2O3. The van der Waals surface area contributed by atoms with Gasteiger partial charge in [-0.05, 0) is 36.2 Å². The van der Waals surface area contributed by atoms with Gasteiger partial charge in [-0.3, -0.25) is 4.79 Å². The molecule has 0 N–H and O–H groups in total. The maximum atomic E-state index is 11.7. The van der Waals surface area contributed by atoms with E-state index in [-0.39, 0.29) is 0 Å². The van der Waals surface area contributed by atoms with Gasteiger partial charge in [0.05, 0.1) is 12.1 Å². The van der Waals surface area contributed by atoms with Crippen LogP contribution in [0.1, 0.15) is 13.0 Å². The second kappa shape index (κ2) is 5.18. The van der Waals surface area contributed by atoms with Crippen LogP contribution in [0.2, 0.25) is 5.02 Å². The van der Waals surface area contributed by atoms with Gasteiger partial charge in [0.15, 0.2) is 11.7 Å². The fourth-order valence-corrected chi connectivity index (χ4v) is 2.30. The first kappa shape index (κ1) is 13.6. The lowest BCUT2D eigenvalue weighted by atomic mass is 10.1. The Morgan fingerprint density at radius 3 is 2.52 bits per heavy atom. The van der Waals surface area contributed by atoms with Crippen LogP contribution in [0.25, 0.3) is 11.3 Å². The first-order chi connectivity index (χ1) is 10.1. The van der Waals surface area contributed by atoms with Gasteiger partial charge in [0.1, 0.15) is 0 Å². The second-order valence-corrected chi connectivity index (χ2v) is 5.13. The van der Waals surface area contributed by atoms with Gasteiger partial charge < -0.3 is 9.84 Å². The molecule has 0 spiro atoms. The predicted molar refractivity (Wildman–Crippen MR) is 72.7 cm³/mol. The summed E-state index contributed by atoms with van der Waals surface area (Å²) in [5, 5.41) is 12.0. The van der Waals surface area contributed by atoms with Gasteiger partial charge in [0, 0.05) is 22.2 Å². The molecule has 106 valence electrons. The van der Waals surface area contributed by atoms with Crippen LogP contribution in [0.3, 0.4) is 0 Å². The molecule has 1 aliphatic heterocycles. The maximum Gasteiger partial charge on any atom is 0.287 e. The Balaban J connectivity index is 1.91. The molecule has 0 radical (unpaired) electrons. The summed E-state index contributed by atoms with van der Waals surface area (Å²) in [5.41, 5.74) is 2.02. The minimum Gasteiger partial charge on any atom is -0.549 e. The van der Waals surface area contributed by atoms with E-state index in [9.17, 15) is 9.90 Å².